The molecule has 0 unspecified atom stereocenters. The number of fused-ring (bicyclic) bond motifs is 2. The van der Waals surface area contributed by atoms with Crippen molar-refractivity contribution in [2.24, 2.45) is 0 Å². The molecule has 0 amide bonds. The smallest absolute Gasteiger partial charge is 0.317 e. The van der Waals surface area contributed by atoms with Crippen LogP contribution in [0.5, 0.6) is 0 Å². The van der Waals surface area contributed by atoms with E-state index in [9.17, 15) is 4.79 Å². The summed E-state index contributed by atoms with van der Waals surface area (Å²) in [6.45, 7) is 3.44. The van der Waals surface area contributed by atoms with Crippen molar-refractivity contribution in [1.29, 1.82) is 0 Å². The number of aromatic nitrogens is 1. The maximum absolute atomic E-state index is 10.9. The summed E-state index contributed by atoms with van der Waals surface area (Å²) in [4.78, 5) is 19.8. The van der Waals surface area contributed by atoms with Crippen LogP contribution in [0.2, 0.25) is 0 Å². The van der Waals surface area contributed by atoms with Gasteiger partial charge in [-0.15, -0.1) is 0 Å². The van der Waals surface area contributed by atoms with E-state index in [1.54, 1.807) is 0 Å². The largest absolute Gasteiger partial charge is 0.480 e. The first kappa shape index (κ1) is 14.9. The molecular weight excluding hydrogens is 254 g/mol. The highest BCUT2D eigenvalue weighted by Gasteiger charge is 2.12. The summed E-state index contributed by atoms with van der Waals surface area (Å²) in [6, 6.07) is 6.02. The molecule has 0 aromatic carbocycles. The van der Waals surface area contributed by atoms with Crippen molar-refractivity contribution < 1.29 is 9.90 Å². The molecule has 5 nitrogen and oxygen atoms in total. The monoisotopic (exact) mass is 277 g/mol. The van der Waals surface area contributed by atoms with Crippen LogP contribution in [-0.2, 0) is 17.9 Å². The number of aliphatic carboxylic acids is 1. The lowest BCUT2D eigenvalue weighted by Gasteiger charge is -2.22. The third-order valence-corrected chi connectivity index (χ3v) is 3.55. The van der Waals surface area contributed by atoms with Gasteiger partial charge in [0, 0.05) is 13.1 Å². The number of rotatable bonds is 2. The van der Waals surface area contributed by atoms with Gasteiger partial charge in [-0.2, -0.15) is 0 Å². The van der Waals surface area contributed by atoms with Gasteiger partial charge in [-0.3, -0.25) is 14.7 Å². The Balaban J connectivity index is 2.12. The van der Waals surface area contributed by atoms with Gasteiger partial charge in [0.15, 0.2) is 0 Å². The molecule has 2 bridgehead atoms. The standard InChI is InChI=1S/C15H23N3O2/c1-17-8-3-2-4-9-18(12-15(19)20)11-14-7-5-6-13(10-17)16-14/h5-7H,2-4,8-12H2,1H3,(H,19,20). The average Bonchev–Trinajstić information content (AvgIpc) is 2.36. The van der Waals surface area contributed by atoms with Crippen molar-refractivity contribution in [2.45, 2.75) is 32.4 Å². The zero-order valence-corrected chi connectivity index (χ0v) is 12.1. The van der Waals surface area contributed by atoms with E-state index < -0.39 is 5.97 Å². The molecule has 1 N–H and O–H groups in total. The highest BCUT2D eigenvalue weighted by atomic mass is 16.4. The normalized spacial score (nSPS) is 19.1. The molecule has 0 radical (unpaired) electrons. The highest BCUT2D eigenvalue weighted by molar-refractivity contribution is 5.69. The van der Waals surface area contributed by atoms with Crippen molar-refractivity contribution in [3.8, 4) is 0 Å². The molecule has 5 heteroatoms. The third kappa shape index (κ3) is 4.90. The summed E-state index contributed by atoms with van der Waals surface area (Å²) < 4.78 is 0. The molecule has 1 aliphatic heterocycles. The Labute approximate surface area is 120 Å². The summed E-state index contributed by atoms with van der Waals surface area (Å²) >= 11 is 0. The van der Waals surface area contributed by atoms with Gasteiger partial charge in [-0.1, -0.05) is 12.5 Å². The molecule has 0 aliphatic carbocycles. The van der Waals surface area contributed by atoms with Gasteiger partial charge in [0.25, 0.3) is 0 Å². The van der Waals surface area contributed by atoms with Gasteiger partial charge in [0.2, 0.25) is 0 Å². The second kappa shape index (κ2) is 7.36. The number of hydrogen-bond acceptors (Lipinski definition) is 4. The topological polar surface area (TPSA) is 56.7 Å². The number of hydrogen-bond donors (Lipinski definition) is 1. The van der Waals surface area contributed by atoms with Crippen molar-refractivity contribution >= 4 is 5.97 Å². The van der Waals surface area contributed by atoms with E-state index >= 15 is 0 Å². The van der Waals surface area contributed by atoms with E-state index in [4.69, 9.17) is 5.11 Å². The summed E-state index contributed by atoms with van der Waals surface area (Å²) in [5.41, 5.74) is 2.01. The quantitative estimate of drug-likeness (QED) is 0.889. The van der Waals surface area contributed by atoms with Crippen LogP contribution in [0.25, 0.3) is 0 Å². The molecule has 2 heterocycles. The van der Waals surface area contributed by atoms with Crippen LogP contribution in [0.3, 0.4) is 0 Å². The lowest BCUT2D eigenvalue weighted by Crippen LogP contribution is -2.31. The fourth-order valence-electron chi connectivity index (χ4n) is 2.59. The first-order valence-electron chi connectivity index (χ1n) is 7.21. The number of carbonyl (C=O) groups is 1. The lowest BCUT2D eigenvalue weighted by atomic mass is 10.2. The van der Waals surface area contributed by atoms with Crippen LogP contribution in [0.15, 0.2) is 18.2 Å². The van der Waals surface area contributed by atoms with E-state index in [0.717, 1.165) is 50.3 Å². The summed E-state index contributed by atoms with van der Waals surface area (Å²) in [7, 11) is 2.12. The Hall–Kier alpha value is -1.46. The Morgan fingerprint density at radius 2 is 1.90 bits per heavy atom. The molecule has 20 heavy (non-hydrogen) atoms. The van der Waals surface area contributed by atoms with Crippen molar-refractivity contribution in [3.63, 3.8) is 0 Å². The second-order valence-corrected chi connectivity index (χ2v) is 5.52. The molecule has 0 spiro atoms. The molecule has 2 rings (SSSR count). The van der Waals surface area contributed by atoms with Crippen molar-refractivity contribution in [1.82, 2.24) is 14.8 Å². The second-order valence-electron chi connectivity index (χ2n) is 5.52. The van der Waals surface area contributed by atoms with Crippen molar-refractivity contribution in [3.05, 3.63) is 29.6 Å². The average molecular weight is 277 g/mol. The molecule has 1 aromatic heterocycles. The van der Waals surface area contributed by atoms with Crippen molar-refractivity contribution in [2.75, 3.05) is 26.7 Å². The first-order chi connectivity index (χ1) is 9.63. The number of pyridine rings is 1. The zero-order chi connectivity index (χ0) is 14.4. The molecule has 0 saturated carbocycles. The third-order valence-electron chi connectivity index (χ3n) is 3.55. The first-order valence-corrected chi connectivity index (χ1v) is 7.21. The van der Waals surface area contributed by atoms with Crippen LogP contribution in [-0.4, -0.2) is 52.5 Å². The molecule has 0 fully saturated rings. The molecule has 1 aliphatic rings. The van der Waals surface area contributed by atoms with Crippen LogP contribution in [0.4, 0.5) is 0 Å². The summed E-state index contributed by atoms with van der Waals surface area (Å²) in [5.74, 6) is -0.770. The van der Waals surface area contributed by atoms with Crippen LogP contribution in [0, 0.1) is 0 Å². The van der Waals surface area contributed by atoms with Gasteiger partial charge in [-0.05, 0) is 45.1 Å². The molecule has 0 saturated heterocycles. The molecule has 0 atom stereocenters. The van der Waals surface area contributed by atoms with Gasteiger partial charge in [-0.25, -0.2) is 0 Å². The summed E-state index contributed by atoms with van der Waals surface area (Å²) in [6.07, 6.45) is 3.33. The van der Waals surface area contributed by atoms with E-state index in [2.05, 4.69) is 16.9 Å². The van der Waals surface area contributed by atoms with E-state index in [1.165, 1.54) is 0 Å². The lowest BCUT2D eigenvalue weighted by molar-refractivity contribution is -0.138. The minimum atomic E-state index is -0.770. The Kier molecular flexibility index (Phi) is 5.49. The van der Waals surface area contributed by atoms with Gasteiger partial charge >= 0.3 is 5.97 Å². The van der Waals surface area contributed by atoms with Crippen LogP contribution < -0.4 is 0 Å². The zero-order valence-electron chi connectivity index (χ0n) is 12.1. The maximum Gasteiger partial charge on any atom is 0.317 e. The Morgan fingerprint density at radius 3 is 2.65 bits per heavy atom. The fourth-order valence-corrected chi connectivity index (χ4v) is 2.59. The minimum Gasteiger partial charge on any atom is -0.480 e. The minimum absolute atomic E-state index is 0.0891. The Bertz CT molecular complexity index is 450. The van der Waals surface area contributed by atoms with Crippen LogP contribution in [0.1, 0.15) is 30.7 Å². The number of carboxylic acid groups (broad SMARTS) is 1. The van der Waals surface area contributed by atoms with Gasteiger partial charge in [0.05, 0.1) is 17.9 Å². The van der Waals surface area contributed by atoms with Gasteiger partial charge < -0.3 is 10.0 Å². The molecule has 1 aromatic rings. The van der Waals surface area contributed by atoms with E-state index in [1.807, 2.05) is 23.1 Å². The molecule has 110 valence electrons. The predicted octanol–water partition coefficient (Wildman–Crippen LogP) is 1.58. The maximum atomic E-state index is 10.9. The molecular formula is C15H23N3O2. The van der Waals surface area contributed by atoms with Gasteiger partial charge in [0.1, 0.15) is 0 Å². The Morgan fingerprint density at radius 1 is 1.20 bits per heavy atom. The van der Waals surface area contributed by atoms with E-state index in [0.29, 0.717) is 6.54 Å². The fraction of sp³-hybridized carbons (Fsp3) is 0.600. The predicted molar refractivity (Wildman–Crippen MR) is 77.3 cm³/mol. The van der Waals surface area contributed by atoms with Crippen LogP contribution >= 0.6 is 0 Å². The highest BCUT2D eigenvalue weighted by Crippen LogP contribution is 2.10. The number of nitrogens with zero attached hydrogens (tertiary/aromatic N) is 3. The number of carboxylic acids is 1. The SMILES string of the molecule is CN1CCCCCN(CC(=O)O)Cc2cccc(n2)C1. The summed E-state index contributed by atoms with van der Waals surface area (Å²) in [5, 5.41) is 9.00. The van der Waals surface area contributed by atoms with E-state index in [-0.39, 0.29) is 6.54 Å².